The molecule has 1 aromatic heterocycles. The Morgan fingerprint density at radius 2 is 2.24 bits per heavy atom. The van der Waals surface area contributed by atoms with E-state index in [1.54, 1.807) is 0 Å². The minimum atomic E-state index is -3.31. The first-order chi connectivity index (χ1) is 7.89. The van der Waals surface area contributed by atoms with Gasteiger partial charge in [0.2, 0.25) is 0 Å². The van der Waals surface area contributed by atoms with Crippen LogP contribution in [-0.4, -0.2) is 43.1 Å². The number of nitrogens with zero attached hydrogens (tertiary/aromatic N) is 2. The van der Waals surface area contributed by atoms with Crippen LogP contribution in [0.3, 0.4) is 0 Å². The molecule has 2 heterocycles. The van der Waals surface area contributed by atoms with Gasteiger partial charge >= 0.3 is 0 Å². The Morgan fingerprint density at radius 1 is 1.53 bits per heavy atom. The highest BCUT2D eigenvalue weighted by Gasteiger charge is 2.27. The summed E-state index contributed by atoms with van der Waals surface area (Å²) in [7, 11) is -3.31. The zero-order chi connectivity index (χ0) is 12.6. The van der Waals surface area contributed by atoms with Crippen LogP contribution in [0, 0.1) is 0 Å². The van der Waals surface area contributed by atoms with Crippen molar-refractivity contribution in [3.63, 3.8) is 0 Å². The van der Waals surface area contributed by atoms with Crippen molar-refractivity contribution < 1.29 is 8.42 Å². The van der Waals surface area contributed by atoms with Crippen LogP contribution in [-0.2, 0) is 9.84 Å². The van der Waals surface area contributed by atoms with Crippen LogP contribution in [0.25, 0.3) is 0 Å². The molecular weight excluding hydrogens is 278 g/mol. The Morgan fingerprint density at radius 3 is 2.82 bits per heavy atom. The normalized spacial score (nSPS) is 21.8. The van der Waals surface area contributed by atoms with Gasteiger partial charge < -0.3 is 10.6 Å². The van der Waals surface area contributed by atoms with Gasteiger partial charge in [-0.1, -0.05) is 6.92 Å². The second kappa shape index (κ2) is 4.66. The third-order valence-electron chi connectivity index (χ3n) is 2.56. The van der Waals surface area contributed by atoms with Crippen LogP contribution in [0.15, 0.2) is 4.90 Å². The van der Waals surface area contributed by atoms with Gasteiger partial charge in [-0.3, -0.25) is 0 Å². The fraction of sp³-hybridized carbons (Fsp3) is 0.667. The van der Waals surface area contributed by atoms with Gasteiger partial charge in [-0.2, -0.15) is 16.1 Å². The smallest absolute Gasteiger partial charge is 0.182 e. The Bertz CT molecular complexity index is 512. The van der Waals surface area contributed by atoms with Crippen molar-refractivity contribution in [2.45, 2.75) is 17.1 Å². The maximum atomic E-state index is 11.7. The number of anilines is 2. The second-order valence-electron chi connectivity index (χ2n) is 4.10. The molecule has 17 heavy (non-hydrogen) atoms. The highest BCUT2D eigenvalue weighted by molar-refractivity contribution is 8.00. The van der Waals surface area contributed by atoms with E-state index in [1.807, 2.05) is 11.8 Å². The monoisotopic (exact) mass is 293 g/mol. The highest BCUT2D eigenvalue weighted by atomic mass is 32.2. The van der Waals surface area contributed by atoms with Gasteiger partial charge in [0.05, 0.1) is 0 Å². The van der Waals surface area contributed by atoms with Crippen molar-refractivity contribution in [1.29, 1.82) is 0 Å². The maximum Gasteiger partial charge on any atom is 0.182 e. The van der Waals surface area contributed by atoms with Crippen LogP contribution >= 0.6 is 23.3 Å². The largest absolute Gasteiger partial charge is 0.382 e. The summed E-state index contributed by atoms with van der Waals surface area (Å²) in [5.74, 6) is 1.13. The molecule has 1 aliphatic heterocycles. The molecule has 8 heteroatoms. The zero-order valence-electron chi connectivity index (χ0n) is 9.71. The summed E-state index contributed by atoms with van der Waals surface area (Å²) in [5.41, 5.74) is 5.66. The lowest BCUT2D eigenvalue weighted by Crippen LogP contribution is -2.36. The molecule has 0 aromatic carbocycles. The predicted octanol–water partition coefficient (Wildman–Crippen LogP) is 1.07. The fourth-order valence-electron chi connectivity index (χ4n) is 1.84. The third-order valence-corrected chi connectivity index (χ3v) is 5.89. The quantitative estimate of drug-likeness (QED) is 0.879. The standard InChI is InChI=1S/C9H15N3O2S3/c1-6-5-12(3-4-15-6)9-7(17(2,13)14)8(10)11-16-9/h6H,3-5H2,1-2H3,(H2,10,11). The highest BCUT2D eigenvalue weighted by Crippen LogP contribution is 2.36. The van der Waals surface area contributed by atoms with Crippen molar-refractivity contribution in [3.05, 3.63) is 0 Å². The first kappa shape index (κ1) is 13.0. The van der Waals surface area contributed by atoms with Crippen LogP contribution in [0.2, 0.25) is 0 Å². The SMILES string of the molecule is CC1CN(c2snc(N)c2S(C)(=O)=O)CCS1. The summed E-state index contributed by atoms with van der Waals surface area (Å²) in [6.45, 7) is 3.83. The molecule has 0 radical (unpaired) electrons. The average molecular weight is 293 g/mol. The van der Waals surface area contributed by atoms with Gasteiger partial charge in [0, 0.05) is 30.3 Å². The third kappa shape index (κ3) is 2.69. The van der Waals surface area contributed by atoms with Crippen LogP contribution in [0.5, 0.6) is 0 Å². The fourth-order valence-corrected chi connectivity index (χ4v) is 5.09. The van der Waals surface area contributed by atoms with Gasteiger partial charge in [0.25, 0.3) is 0 Å². The van der Waals surface area contributed by atoms with E-state index in [2.05, 4.69) is 16.2 Å². The van der Waals surface area contributed by atoms with Gasteiger partial charge in [-0.25, -0.2) is 8.42 Å². The Kier molecular flexibility index (Phi) is 3.55. The summed E-state index contributed by atoms with van der Waals surface area (Å²) in [6.07, 6.45) is 1.18. The topological polar surface area (TPSA) is 76.3 Å². The molecule has 2 N–H and O–H groups in total. The second-order valence-corrected chi connectivity index (χ2v) is 8.35. The van der Waals surface area contributed by atoms with Crippen molar-refractivity contribution in [2.75, 3.05) is 35.7 Å². The van der Waals surface area contributed by atoms with Gasteiger partial charge in [0.1, 0.15) is 9.90 Å². The number of hydrogen-bond donors (Lipinski definition) is 1. The lowest BCUT2D eigenvalue weighted by molar-refractivity contribution is 0.602. The number of rotatable bonds is 2. The first-order valence-electron chi connectivity index (χ1n) is 5.21. The molecule has 1 aliphatic rings. The molecule has 0 bridgehead atoms. The number of nitrogen functional groups attached to an aromatic ring is 1. The predicted molar refractivity (Wildman–Crippen MR) is 73.8 cm³/mol. The average Bonchev–Trinajstić information content (AvgIpc) is 2.59. The van der Waals surface area contributed by atoms with E-state index in [9.17, 15) is 8.42 Å². The lowest BCUT2D eigenvalue weighted by Gasteiger charge is -2.31. The molecule has 1 unspecified atom stereocenters. The molecular formula is C9H15N3O2S3. The summed E-state index contributed by atoms with van der Waals surface area (Å²) < 4.78 is 27.4. The minimum Gasteiger partial charge on any atom is -0.382 e. The van der Waals surface area contributed by atoms with E-state index >= 15 is 0 Å². The minimum absolute atomic E-state index is 0.123. The van der Waals surface area contributed by atoms with E-state index in [4.69, 9.17) is 5.73 Å². The van der Waals surface area contributed by atoms with E-state index in [-0.39, 0.29) is 10.7 Å². The van der Waals surface area contributed by atoms with E-state index in [0.29, 0.717) is 10.3 Å². The summed E-state index contributed by atoms with van der Waals surface area (Å²) in [4.78, 5) is 2.27. The number of sulfone groups is 1. The molecule has 0 amide bonds. The number of aromatic nitrogens is 1. The zero-order valence-corrected chi connectivity index (χ0v) is 12.2. The summed E-state index contributed by atoms with van der Waals surface area (Å²) in [5, 5.41) is 1.19. The Labute approximate surface area is 109 Å². The lowest BCUT2D eigenvalue weighted by atomic mass is 10.4. The molecule has 1 aromatic rings. The number of thioether (sulfide) groups is 1. The van der Waals surface area contributed by atoms with Crippen molar-refractivity contribution in [3.8, 4) is 0 Å². The molecule has 0 spiro atoms. The molecule has 2 rings (SSSR count). The van der Waals surface area contributed by atoms with E-state index in [0.717, 1.165) is 18.8 Å². The van der Waals surface area contributed by atoms with Gasteiger partial charge in [0.15, 0.2) is 15.7 Å². The van der Waals surface area contributed by atoms with Crippen molar-refractivity contribution in [2.24, 2.45) is 0 Å². The van der Waals surface area contributed by atoms with E-state index < -0.39 is 9.84 Å². The van der Waals surface area contributed by atoms with Crippen molar-refractivity contribution in [1.82, 2.24) is 4.37 Å². The molecule has 1 saturated heterocycles. The molecule has 0 saturated carbocycles. The molecule has 0 aliphatic carbocycles. The number of nitrogens with two attached hydrogens (primary N) is 1. The van der Waals surface area contributed by atoms with Gasteiger partial charge in [-0.05, 0) is 11.5 Å². The first-order valence-corrected chi connectivity index (χ1v) is 8.92. The molecule has 5 nitrogen and oxygen atoms in total. The Hall–Kier alpha value is -0.470. The number of hydrogen-bond acceptors (Lipinski definition) is 7. The molecule has 1 fully saturated rings. The van der Waals surface area contributed by atoms with Crippen LogP contribution in [0.1, 0.15) is 6.92 Å². The van der Waals surface area contributed by atoms with E-state index in [1.165, 1.54) is 17.8 Å². The summed E-state index contributed by atoms with van der Waals surface area (Å²) in [6, 6.07) is 0. The molecule has 96 valence electrons. The van der Waals surface area contributed by atoms with Gasteiger partial charge in [-0.15, -0.1) is 0 Å². The Balaban J connectivity index is 2.39. The van der Waals surface area contributed by atoms with Crippen molar-refractivity contribution >= 4 is 44.0 Å². The maximum absolute atomic E-state index is 11.7. The van der Waals surface area contributed by atoms with Crippen LogP contribution < -0.4 is 10.6 Å². The summed E-state index contributed by atoms with van der Waals surface area (Å²) >= 11 is 3.07. The molecule has 1 atom stereocenters. The van der Waals surface area contributed by atoms with Crippen LogP contribution in [0.4, 0.5) is 10.8 Å².